The minimum atomic E-state index is -0.247. The summed E-state index contributed by atoms with van der Waals surface area (Å²) in [5, 5.41) is 8.44. The Bertz CT molecular complexity index is 341. The van der Waals surface area contributed by atoms with Crippen molar-refractivity contribution < 1.29 is 4.39 Å². The summed E-state index contributed by atoms with van der Waals surface area (Å²) in [6.07, 6.45) is 0.307. The summed E-state index contributed by atoms with van der Waals surface area (Å²) >= 11 is 3.24. The zero-order chi connectivity index (χ0) is 9.14. The lowest BCUT2D eigenvalue weighted by Gasteiger charge is -2.03. The predicted octanol–water partition coefficient (Wildman–Crippen LogP) is 2.96. The molecule has 0 bridgehead atoms. The van der Waals surface area contributed by atoms with Crippen molar-refractivity contribution in [3.8, 4) is 6.07 Å². The van der Waals surface area contributed by atoms with E-state index in [-0.39, 0.29) is 5.82 Å². The largest absolute Gasteiger partial charge is 0.207 e. The van der Waals surface area contributed by atoms with Gasteiger partial charge < -0.3 is 0 Å². The third-order valence-electron chi connectivity index (χ3n) is 1.67. The van der Waals surface area contributed by atoms with E-state index in [0.29, 0.717) is 16.5 Å². The fourth-order valence-electron chi connectivity index (χ4n) is 0.939. The Balaban J connectivity index is 3.19. The van der Waals surface area contributed by atoms with Crippen LogP contribution in [0.15, 0.2) is 16.6 Å². The number of halogens is 2. The highest BCUT2D eigenvalue weighted by Crippen LogP contribution is 2.23. The molecule has 0 saturated carbocycles. The van der Waals surface area contributed by atoms with Crippen molar-refractivity contribution in [1.82, 2.24) is 0 Å². The van der Waals surface area contributed by atoms with Crippen LogP contribution >= 0.6 is 15.9 Å². The summed E-state index contributed by atoms with van der Waals surface area (Å²) in [6.45, 7) is 1.68. The molecule has 0 radical (unpaired) electrons. The smallest absolute Gasteiger partial charge is 0.127 e. The first kappa shape index (κ1) is 9.21. The second-order valence-corrected chi connectivity index (χ2v) is 3.27. The van der Waals surface area contributed by atoms with Crippen molar-refractivity contribution in [2.24, 2.45) is 0 Å². The monoisotopic (exact) mass is 227 g/mol. The van der Waals surface area contributed by atoms with Crippen molar-refractivity contribution in [3.63, 3.8) is 0 Å². The van der Waals surface area contributed by atoms with Gasteiger partial charge in [0.05, 0.1) is 12.5 Å². The van der Waals surface area contributed by atoms with Crippen LogP contribution in [0.1, 0.15) is 11.1 Å². The molecule has 1 rings (SSSR count). The van der Waals surface area contributed by atoms with Gasteiger partial charge in [-0.2, -0.15) is 5.26 Å². The Morgan fingerprint density at radius 3 is 2.83 bits per heavy atom. The Morgan fingerprint density at radius 2 is 2.25 bits per heavy atom. The first-order valence-corrected chi connectivity index (χ1v) is 4.26. The number of benzene rings is 1. The molecule has 0 aliphatic heterocycles. The van der Waals surface area contributed by atoms with Crippen LogP contribution in [0.5, 0.6) is 0 Å². The average Bonchev–Trinajstić information content (AvgIpc) is 2.07. The van der Waals surface area contributed by atoms with Crippen molar-refractivity contribution in [1.29, 1.82) is 5.26 Å². The molecule has 0 aliphatic rings. The summed E-state index contributed by atoms with van der Waals surface area (Å²) in [6, 6.07) is 5.02. The van der Waals surface area contributed by atoms with Crippen LogP contribution in [-0.2, 0) is 6.42 Å². The maximum Gasteiger partial charge on any atom is 0.127 e. The van der Waals surface area contributed by atoms with E-state index in [1.165, 1.54) is 6.07 Å². The topological polar surface area (TPSA) is 23.8 Å². The highest BCUT2D eigenvalue weighted by atomic mass is 79.9. The lowest BCUT2D eigenvalue weighted by molar-refractivity contribution is 0.616. The van der Waals surface area contributed by atoms with Crippen LogP contribution in [0.3, 0.4) is 0 Å². The first-order chi connectivity index (χ1) is 5.66. The Morgan fingerprint density at radius 1 is 1.58 bits per heavy atom. The molecule has 0 fully saturated rings. The maximum atomic E-state index is 12.9. The number of nitriles is 1. The third kappa shape index (κ3) is 1.64. The van der Waals surface area contributed by atoms with Crippen LogP contribution in [0.2, 0.25) is 0 Å². The van der Waals surface area contributed by atoms with E-state index in [9.17, 15) is 4.39 Å². The van der Waals surface area contributed by atoms with E-state index in [0.717, 1.165) is 5.56 Å². The van der Waals surface area contributed by atoms with Crippen LogP contribution in [0, 0.1) is 24.1 Å². The molecule has 0 N–H and O–H groups in total. The molecule has 0 aliphatic carbocycles. The molecule has 1 aromatic carbocycles. The molecule has 12 heavy (non-hydrogen) atoms. The molecule has 0 atom stereocenters. The maximum absolute atomic E-state index is 12.9. The van der Waals surface area contributed by atoms with Crippen molar-refractivity contribution in [2.45, 2.75) is 13.3 Å². The molecule has 0 heterocycles. The second-order valence-electron chi connectivity index (χ2n) is 2.48. The molecular formula is C9H7BrFN. The van der Waals surface area contributed by atoms with Gasteiger partial charge in [-0.25, -0.2) is 4.39 Å². The molecule has 0 aromatic heterocycles. The molecule has 62 valence electrons. The minimum absolute atomic E-state index is 0.247. The fraction of sp³-hybridized carbons (Fsp3) is 0.222. The molecule has 3 heteroatoms. The molecule has 1 nitrogen and oxygen atoms in total. The quantitative estimate of drug-likeness (QED) is 0.724. The van der Waals surface area contributed by atoms with E-state index in [1.54, 1.807) is 13.0 Å². The van der Waals surface area contributed by atoms with Gasteiger partial charge in [0.2, 0.25) is 0 Å². The standard InChI is InChI=1S/C9H7BrFN/c1-6-8(11)3-2-7(4-5-12)9(6)10/h2-3H,4H2,1H3. The summed E-state index contributed by atoms with van der Waals surface area (Å²) in [7, 11) is 0. The molecule has 0 spiro atoms. The Labute approximate surface area is 79.0 Å². The summed E-state index contributed by atoms with van der Waals surface area (Å²) < 4.78 is 13.6. The number of hydrogen-bond donors (Lipinski definition) is 0. The number of rotatable bonds is 1. The van der Waals surface area contributed by atoms with Gasteiger partial charge in [0, 0.05) is 4.47 Å². The van der Waals surface area contributed by atoms with E-state index in [1.807, 2.05) is 6.07 Å². The highest BCUT2D eigenvalue weighted by molar-refractivity contribution is 9.10. The predicted molar refractivity (Wildman–Crippen MR) is 48.2 cm³/mol. The van der Waals surface area contributed by atoms with E-state index >= 15 is 0 Å². The number of nitrogens with zero attached hydrogens (tertiary/aromatic N) is 1. The zero-order valence-corrected chi connectivity index (χ0v) is 8.15. The van der Waals surface area contributed by atoms with Crippen LogP contribution in [-0.4, -0.2) is 0 Å². The summed E-state index contributed by atoms with van der Waals surface area (Å²) in [5.41, 5.74) is 1.39. The molecular weight excluding hydrogens is 221 g/mol. The third-order valence-corrected chi connectivity index (χ3v) is 2.77. The highest BCUT2D eigenvalue weighted by Gasteiger charge is 2.06. The first-order valence-electron chi connectivity index (χ1n) is 3.47. The summed E-state index contributed by atoms with van der Waals surface area (Å²) in [5.74, 6) is -0.247. The lowest BCUT2D eigenvalue weighted by Crippen LogP contribution is -1.90. The van der Waals surface area contributed by atoms with Gasteiger partial charge in [-0.15, -0.1) is 0 Å². The second kappa shape index (κ2) is 3.68. The minimum Gasteiger partial charge on any atom is -0.207 e. The Kier molecular flexibility index (Phi) is 2.83. The molecule has 1 aromatic rings. The van der Waals surface area contributed by atoms with E-state index in [2.05, 4.69) is 15.9 Å². The van der Waals surface area contributed by atoms with Gasteiger partial charge in [0.25, 0.3) is 0 Å². The van der Waals surface area contributed by atoms with Gasteiger partial charge in [-0.1, -0.05) is 22.0 Å². The zero-order valence-electron chi connectivity index (χ0n) is 6.56. The SMILES string of the molecule is Cc1c(F)ccc(CC#N)c1Br. The van der Waals surface area contributed by atoms with Crippen LogP contribution in [0.25, 0.3) is 0 Å². The van der Waals surface area contributed by atoms with Gasteiger partial charge in [-0.05, 0) is 24.1 Å². The van der Waals surface area contributed by atoms with Gasteiger partial charge in [0.15, 0.2) is 0 Å². The molecule has 0 unspecified atom stereocenters. The van der Waals surface area contributed by atoms with Crippen LogP contribution in [0.4, 0.5) is 4.39 Å². The van der Waals surface area contributed by atoms with Crippen molar-refractivity contribution in [2.75, 3.05) is 0 Å². The fourth-order valence-corrected chi connectivity index (χ4v) is 1.40. The van der Waals surface area contributed by atoms with Crippen LogP contribution < -0.4 is 0 Å². The lowest BCUT2D eigenvalue weighted by atomic mass is 10.1. The molecule has 0 amide bonds. The molecule has 0 saturated heterocycles. The van der Waals surface area contributed by atoms with Gasteiger partial charge >= 0.3 is 0 Å². The van der Waals surface area contributed by atoms with E-state index in [4.69, 9.17) is 5.26 Å². The van der Waals surface area contributed by atoms with Gasteiger partial charge in [-0.3, -0.25) is 0 Å². The van der Waals surface area contributed by atoms with Crippen molar-refractivity contribution in [3.05, 3.63) is 33.5 Å². The Hall–Kier alpha value is -0.880. The van der Waals surface area contributed by atoms with Crippen molar-refractivity contribution >= 4 is 15.9 Å². The normalized spacial score (nSPS) is 9.50. The average molecular weight is 228 g/mol. The van der Waals surface area contributed by atoms with Gasteiger partial charge in [0.1, 0.15) is 5.82 Å². The van der Waals surface area contributed by atoms with E-state index < -0.39 is 0 Å². The summed E-state index contributed by atoms with van der Waals surface area (Å²) in [4.78, 5) is 0. The number of hydrogen-bond acceptors (Lipinski definition) is 1.